The topological polar surface area (TPSA) is 66.4 Å². The molecule has 1 saturated carbocycles. The number of hydrogen-bond acceptors (Lipinski definition) is 2. The normalized spacial score (nSPS) is 21.4. The summed E-state index contributed by atoms with van der Waals surface area (Å²) in [5.74, 6) is -4.50. The molecule has 1 aromatic carbocycles. The van der Waals surface area contributed by atoms with Crippen molar-refractivity contribution in [3.05, 3.63) is 35.4 Å². The molecule has 108 valence electrons. The van der Waals surface area contributed by atoms with Crippen LogP contribution < -0.4 is 5.32 Å². The van der Waals surface area contributed by atoms with E-state index in [1.54, 1.807) is 13.8 Å². The van der Waals surface area contributed by atoms with Gasteiger partial charge in [-0.15, -0.1) is 0 Å². The van der Waals surface area contributed by atoms with Crippen molar-refractivity contribution in [2.24, 2.45) is 11.8 Å². The van der Waals surface area contributed by atoms with Gasteiger partial charge in [-0.05, 0) is 38.0 Å². The maximum atomic E-state index is 13.2. The SMILES string of the molecule is CC(C)(NC(=O)[C@@H]1C[C@@H]1C(=O)O)c1ccc(F)c(F)c1. The standard InChI is InChI=1S/C14H15F2NO3/c1-14(2,7-3-4-10(15)11(16)5-7)17-12(18)8-6-9(8)13(19)20/h3-5,8-9H,6H2,1-2H3,(H,17,18)(H,19,20)/t8-,9+/m1/s1. The van der Waals surface area contributed by atoms with Crippen LogP contribution in [0, 0.1) is 23.5 Å². The van der Waals surface area contributed by atoms with Crippen LogP contribution in [0.15, 0.2) is 18.2 Å². The number of benzene rings is 1. The molecule has 0 bridgehead atoms. The van der Waals surface area contributed by atoms with Gasteiger partial charge in [-0.2, -0.15) is 0 Å². The minimum Gasteiger partial charge on any atom is -0.481 e. The summed E-state index contributed by atoms with van der Waals surface area (Å²) in [4.78, 5) is 22.6. The third kappa shape index (κ3) is 2.79. The molecule has 0 heterocycles. The molecule has 4 nitrogen and oxygen atoms in total. The van der Waals surface area contributed by atoms with E-state index >= 15 is 0 Å². The van der Waals surface area contributed by atoms with Gasteiger partial charge in [-0.1, -0.05) is 6.07 Å². The predicted molar refractivity (Wildman–Crippen MR) is 66.8 cm³/mol. The van der Waals surface area contributed by atoms with E-state index in [1.807, 2.05) is 0 Å². The fourth-order valence-corrected chi connectivity index (χ4v) is 2.12. The van der Waals surface area contributed by atoms with Gasteiger partial charge in [0, 0.05) is 0 Å². The van der Waals surface area contributed by atoms with Gasteiger partial charge in [0.2, 0.25) is 5.91 Å². The van der Waals surface area contributed by atoms with Crippen molar-refractivity contribution in [2.75, 3.05) is 0 Å². The van der Waals surface area contributed by atoms with E-state index in [4.69, 9.17) is 5.11 Å². The minimum atomic E-state index is -0.990. The maximum absolute atomic E-state index is 13.2. The van der Waals surface area contributed by atoms with Gasteiger partial charge >= 0.3 is 5.97 Å². The number of hydrogen-bond donors (Lipinski definition) is 2. The van der Waals surface area contributed by atoms with Crippen LogP contribution in [0.25, 0.3) is 0 Å². The summed E-state index contributed by atoms with van der Waals surface area (Å²) in [6.07, 6.45) is 0.315. The molecule has 2 atom stereocenters. The molecule has 1 fully saturated rings. The third-order valence-corrected chi connectivity index (χ3v) is 3.52. The monoisotopic (exact) mass is 283 g/mol. The van der Waals surface area contributed by atoms with Gasteiger partial charge in [0.15, 0.2) is 11.6 Å². The maximum Gasteiger partial charge on any atom is 0.307 e. The first-order valence-corrected chi connectivity index (χ1v) is 6.23. The molecule has 2 rings (SSSR count). The van der Waals surface area contributed by atoms with Gasteiger partial charge in [0.1, 0.15) is 0 Å². The lowest BCUT2D eigenvalue weighted by atomic mass is 9.93. The molecule has 0 unspecified atom stereocenters. The molecule has 0 aliphatic heterocycles. The molecule has 2 N–H and O–H groups in total. The lowest BCUT2D eigenvalue weighted by Gasteiger charge is -2.27. The van der Waals surface area contributed by atoms with Crippen LogP contribution in [0.2, 0.25) is 0 Å². The number of halogens is 2. The number of carboxylic acids is 1. The van der Waals surface area contributed by atoms with Gasteiger partial charge in [0.25, 0.3) is 0 Å². The highest BCUT2D eigenvalue weighted by Gasteiger charge is 2.49. The van der Waals surface area contributed by atoms with E-state index in [-0.39, 0.29) is 5.91 Å². The summed E-state index contributed by atoms with van der Waals surface area (Å²) in [7, 11) is 0. The fraction of sp³-hybridized carbons (Fsp3) is 0.429. The first kappa shape index (κ1) is 14.4. The molecule has 1 aliphatic carbocycles. The Balaban J connectivity index is 2.09. The highest BCUT2D eigenvalue weighted by Crippen LogP contribution is 2.39. The molecule has 0 radical (unpaired) electrons. The first-order chi connectivity index (χ1) is 9.22. The summed E-state index contributed by atoms with van der Waals surface area (Å²) in [5.41, 5.74) is -0.491. The van der Waals surface area contributed by atoms with E-state index in [9.17, 15) is 18.4 Å². The van der Waals surface area contributed by atoms with Gasteiger partial charge in [-0.3, -0.25) is 9.59 Å². The summed E-state index contributed by atoms with van der Waals surface area (Å²) in [6.45, 7) is 3.30. The predicted octanol–water partition coefficient (Wildman–Crippen LogP) is 2.04. The largest absolute Gasteiger partial charge is 0.481 e. The second kappa shape index (κ2) is 4.85. The van der Waals surface area contributed by atoms with E-state index < -0.39 is 35.0 Å². The van der Waals surface area contributed by atoms with E-state index in [0.29, 0.717) is 12.0 Å². The van der Waals surface area contributed by atoms with Crippen molar-refractivity contribution in [2.45, 2.75) is 25.8 Å². The Morgan fingerprint density at radius 1 is 1.25 bits per heavy atom. The quantitative estimate of drug-likeness (QED) is 0.888. The molecule has 1 aliphatic rings. The molecule has 0 spiro atoms. The number of amides is 1. The van der Waals surface area contributed by atoms with Gasteiger partial charge in [-0.25, -0.2) is 8.78 Å². The summed E-state index contributed by atoms with van der Waals surface area (Å²) >= 11 is 0. The number of carbonyl (C=O) groups is 2. The molecular weight excluding hydrogens is 268 g/mol. The number of aliphatic carboxylic acids is 1. The van der Waals surface area contributed by atoms with Crippen LogP contribution in [-0.4, -0.2) is 17.0 Å². The zero-order valence-corrected chi connectivity index (χ0v) is 11.1. The van der Waals surface area contributed by atoms with Gasteiger partial charge in [0.05, 0.1) is 17.4 Å². The van der Waals surface area contributed by atoms with Crippen LogP contribution in [0.4, 0.5) is 8.78 Å². The zero-order valence-electron chi connectivity index (χ0n) is 11.1. The second-order valence-corrected chi connectivity index (χ2v) is 5.53. The molecule has 0 saturated heterocycles. The zero-order chi connectivity index (χ0) is 15.1. The van der Waals surface area contributed by atoms with E-state index in [2.05, 4.69) is 5.32 Å². The Kier molecular flexibility index (Phi) is 3.50. The highest BCUT2D eigenvalue weighted by molar-refractivity contribution is 5.89. The fourth-order valence-electron chi connectivity index (χ4n) is 2.12. The van der Waals surface area contributed by atoms with E-state index in [0.717, 1.165) is 12.1 Å². The summed E-state index contributed by atoms with van der Waals surface area (Å²) in [6, 6.07) is 3.41. The van der Waals surface area contributed by atoms with Gasteiger partial charge < -0.3 is 10.4 Å². The smallest absolute Gasteiger partial charge is 0.307 e. The Hall–Kier alpha value is -1.98. The van der Waals surface area contributed by atoms with Crippen molar-refractivity contribution < 1.29 is 23.5 Å². The second-order valence-electron chi connectivity index (χ2n) is 5.53. The number of carboxylic acid groups (broad SMARTS) is 1. The third-order valence-electron chi connectivity index (χ3n) is 3.52. The molecule has 20 heavy (non-hydrogen) atoms. The van der Waals surface area contributed by atoms with Crippen molar-refractivity contribution in [1.82, 2.24) is 5.32 Å². The van der Waals surface area contributed by atoms with Crippen molar-refractivity contribution in [3.8, 4) is 0 Å². The first-order valence-electron chi connectivity index (χ1n) is 6.23. The van der Waals surface area contributed by atoms with E-state index in [1.165, 1.54) is 6.07 Å². The van der Waals surface area contributed by atoms with Crippen LogP contribution >= 0.6 is 0 Å². The summed E-state index contributed by atoms with van der Waals surface area (Å²) in [5, 5.41) is 11.5. The Bertz CT molecular complexity index is 572. The Morgan fingerprint density at radius 3 is 2.40 bits per heavy atom. The lowest BCUT2D eigenvalue weighted by molar-refractivity contribution is -0.140. The van der Waals surface area contributed by atoms with Crippen LogP contribution in [0.5, 0.6) is 0 Å². The van der Waals surface area contributed by atoms with Crippen molar-refractivity contribution in [3.63, 3.8) is 0 Å². The Morgan fingerprint density at radius 2 is 1.90 bits per heavy atom. The van der Waals surface area contributed by atoms with Crippen molar-refractivity contribution >= 4 is 11.9 Å². The number of carbonyl (C=O) groups excluding carboxylic acids is 1. The lowest BCUT2D eigenvalue weighted by Crippen LogP contribution is -2.42. The minimum absolute atomic E-state index is 0.315. The van der Waals surface area contributed by atoms with Crippen LogP contribution in [-0.2, 0) is 15.1 Å². The molecular formula is C14H15F2NO3. The molecule has 0 aromatic heterocycles. The molecule has 1 aromatic rings. The highest BCUT2D eigenvalue weighted by atomic mass is 19.2. The van der Waals surface area contributed by atoms with Crippen molar-refractivity contribution in [1.29, 1.82) is 0 Å². The average Bonchev–Trinajstić information content (AvgIpc) is 3.12. The number of rotatable bonds is 4. The average molecular weight is 283 g/mol. The Labute approximate surface area is 114 Å². The molecule has 1 amide bonds. The van der Waals surface area contributed by atoms with Crippen LogP contribution in [0.3, 0.4) is 0 Å². The van der Waals surface area contributed by atoms with Crippen LogP contribution in [0.1, 0.15) is 25.8 Å². The molecule has 6 heteroatoms. The number of nitrogens with one attached hydrogen (secondary N) is 1. The summed E-state index contributed by atoms with van der Waals surface area (Å²) < 4.78 is 26.1.